The van der Waals surface area contributed by atoms with E-state index in [1.807, 2.05) is 0 Å². The molecule has 6 N–H and O–H groups in total. The summed E-state index contributed by atoms with van der Waals surface area (Å²) in [5.74, 6) is -0.486. The van der Waals surface area contributed by atoms with Crippen molar-refractivity contribution in [3.05, 3.63) is 30.1 Å². The van der Waals surface area contributed by atoms with Gasteiger partial charge in [0.2, 0.25) is 5.72 Å². The van der Waals surface area contributed by atoms with Crippen molar-refractivity contribution in [1.82, 2.24) is 4.98 Å². The highest BCUT2D eigenvalue weighted by Gasteiger charge is 2.29. The standard InChI is InChI=1S/C7H10N4O2/c8-6(11-13)7(9,12)5-2-1-3-10-4-5/h1-4,12-13H,9H2,(H2,8,11). The summed E-state index contributed by atoms with van der Waals surface area (Å²) < 4.78 is 0. The molecular weight excluding hydrogens is 172 g/mol. The Balaban J connectivity index is 3.08. The Morgan fingerprint density at radius 1 is 1.62 bits per heavy atom. The molecular formula is C7H10N4O2. The molecule has 0 bridgehead atoms. The number of hydrogen-bond donors (Lipinski definition) is 4. The molecule has 0 fully saturated rings. The van der Waals surface area contributed by atoms with Crippen LogP contribution in [0.15, 0.2) is 29.7 Å². The minimum atomic E-state index is -1.98. The Morgan fingerprint density at radius 3 is 2.77 bits per heavy atom. The lowest BCUT2D eigenvalue weighted by Gasteiger charge is -2.20. The summed E-state index contributed by atoms with van der Waals surface area (Å²) >= 11 is 0. The third-order valence-electron chi connectivity index (χ3n) is 1.60. The fourth-order valence-electron chi connectivity index (χ4n) is 0.812. The van der Waals surface area contributed by atoms with Gasteiger partial charge in [0, 0.05) is 18.0 Å². The van der Waals surface area contributed by atoms with Gasteiger partial charge in [-0.1, -0.05) is 11.2 Å². The number of oxime groups is 1. The summed E-state index contributed by atoms with van der Waals surface area (Å²) in [4.78, 5) is 3.74. The molecule has 1 aromatic heterocycles. The molecule has 0 aromatic carbocycles. The predicted octanol–water partition coefficient (Wildman–Crippen LogP) is -1.07. The van der Waals surface area contributed by atoms with E-state index in [1.54, 1.807) is 6.07 Å². The van der Waals surface area contributed by atoms with Crippen molar-refractivity contribution in [2.24, 2.45) is 16.6 Å². The number of amidine groups is 1. The molecule has 0 radical (unpaired) electrons. The molecule has 70 valence electrons. The molecule has 1 unspecified atom stereocenters. The van der Waals surface area contributed by atoms with Crippen molar-refractivity contribution in [3.63, 3.8) is 0 Å². The molecule has 0 amide bonds. The summed E-state index contributed by atoms with van der Waals surface area (Å²) in [6.45, 7) is 0. The maximum absolute atomic E-state index is 9.58. The Kier molecular flexibility index (Phi) is 2.45. The van der Waals surface area contributed by atoms with Gasteiger partial charge < -0.3 is 16.0 Å². The molecule has 0 saturated heterocycles. The Morgan fingerprint density at radius 2 is 2.31 bits per heavy atom. The van der Waals surface area contributed by atoms with Crippen molar-refractivity contribution in [3.8, 4) is 0 Å². The van der Waals surface area contributed by atoms with Crippen LogP contribution in [0.5, 0.6) is 0 Å². The molecule has 0 aliphatic heterocycles. The van der Waals surface area contributed by atoms with Gasteiger partial charge in [0.15, 0.2) is 5.84 Å². The molecule has 13 heavy (non-hydrogen) atoms. The maximum Gasteiger partial charge on any atom is 0.203 e. The summed E-state index contributed by atoms with van der Waals surface area (Å²) in [6.07, 6.45) is 2.85. The van der Waals surface area contributed by atoms with Crippen molar-refractivity contribution in [2.45, 2.75) is 5.72 Å². The van der Waals surface area contributed by atoms with Gasteiger partial charge in [-0.15, -0.1) is 0 Å². The minimum absolute atomic E-state index is 0.255. The van der Waals surface area contributed by atoms with E-state index in [4.69, 9.17) is 16.7 Å². The summed E-state index contributed by atoms with van der Waals surface area (Å²) in [5, 5.41) is 20.5. The Bertz CT molecular complexity index is 310. The van der Waals surface area contributed by atoms with E-state index in [9.17, 15) is 5.11 Å². The van der Waals surface area contributed by atoms with Crippen LogP contribution in [0.4, 0.5) is 0 Å². The average Bonchev–Trinajstić information content (AvgIpc) is 2.18. The molecule has 0 saturated carbocycles. The Labute approximate surface area is 74.5 Å². The van der Waals surface area contributed by atoms with Crippen molar-refractivity contribution < 1.29 is 10.3 Å². The topological polar surface area (TPSA) is 118 Å². The first kappa shape index (κ1) is 9.43. The van der Waals surface area contributed by atoms with Crippen LogP contribution < -0.4 is 11.5 Å². The van der Waals surface area contributed by atoms with Gasteiger partial charge in [-0.05, 0) is 6.07 Å². The van der Waals surface area contributed by atoms with E-state index in [0.29, 0.717) is 0 Å². The van der Waals surface area contributed by atoms with Gasteiger partial charge in [-0.3, -0.25) is 10.7 Å². The number of nitrogens with zero attached hydrogens (tertiary/aromatic N) is 2. The predicted molar refractivity (Wildman–Crippen MR) is 45.7 cm³/mol. The molecule has 6 heteroatoms. The second kappa shape index (κ2) is 3.38. The molecule has 1 heterocycles. The Hall–Kier alpha value is -1.66. The van der Waals surface area contributed by atoms with Gasteiger partial charge in [0.25, 0.3) is 0 Å². The van der Waals surface area contributed by atoms with Crippen LogP contribution in [0.25, 0.3) is 0 Å². The largest absolute Gasteiger partial charge is 0.409 e. The number of hydrogen-bond acceptors (Lipinski definition) is 5. The van der Waals surface area contributed by atoms with Crippen LogP contribution in [0, 0.1) is 0 Å². The zero-order valence-electron chi connectivity index (χ0n) is 6.75. The van der Waals surface area contributed by atoms with Crippen LogP contribution >= 0.6 is 0 Å². The number of aliphatic hydroxyl groups is 1. The zero-order valence-corrected chi connectivity index (χ0v) is 6.75. The highest BCUT2D eigenvalue weighted by molar-refractivity contribution is 5.88. The highest BCUT2D eigenvalue weighted by atomic mass is 16.4. The quantitative estimate of drug-likeness (QED) is 0.153. The van der Waals surface area contributed by atoms with Crippen LogP contribution in [0.3, 0.4) is 0 Å². The monoisotopic (exact) mass is 182 g/mol. The third-order valence-corrected chi connectivity index (χ3v) is 1.60. The lowest BCUT2D eigenvalue weighted by atomic mass is 10.1. The van der Waals surface area contributed by atoms with Gasteiger partial charge in [0.05, 0.1) is 0 Å². The maximum atomic E-state index is 9.58. The van der Waals surface area contributed by atoms with Crippen LogP contribution in [0.1, 0.15) is 5.56 Å². The first-order chi connectivity index (χ1) is 6.09. The van der Waals surface area contributed by atoms with E-state index >= 15 is 0 Å². The molecule has 1 rings (SSSR count). The number of rotatable bonds is 2. The summed E-state index contributed by atoms with van der Waals surface area (Å²) in [5.41, 5.74) is 8.84. The van der Waals surface area contributed by atoms with Crippen molar-refractivity contribution >= 4 is 5.84 Å². The molecule has 6 nitrogen and oxygen atoms in total. The van der Waals surface area contributed by atoms with Crippen molar-refractivity contribution in [1.29, 1.82) is 0 Å². The first-order valence-corrected chi connectivity index (χ1v) is 3.48. The van der Waals surface area contributed by atoms with Gasteiger partial charge in [0.1, 0.15) is 0 Å². The highest BCUT2D eigenvalue weighted by Crippen LogP contribution is 2.12. The SMILES string of the molecule is NC(=NO)C(N)(O)c1cccnc1. The molecule has 1 atom stereocenters. The third kappa shape index (κ3) is 1.74. The van der Waals surface area contributed by atoms with Gasteiger partial charge in [-0.2, -0.15) is 0 Å². The molecule has 1 aromatic rings. The van der Waals surface area contributed by atoms with Gasteiger partial charge in [-0.25, -0.2) is 0 Å². The zero-order chi connectivity index (χ0) is 9.90. The number of nitrogens with two attached hydrogens (primary N) is 2. The van der Waals surface area contributed by atoms with E-state index in [2.05, 4.69) is 10.1 Å². The second-order valence-corrected chi connectivity index (χ2v) is 2.49. The number of aromatic nitrogens is 1. The molecule has 0 aliphatic rings. The smallest absolute Gasteiger partial charge is 0.203 e. The minimum Gasteiger partial charge on any atom is -0.409 e. The number of pyridine rings is 1. The lowest BCUT2D eigenvalue weighted by molar-refractivity contribution is 0.112. The van der Waals surface area contributed by atoms with Crippen LogP contribution in [0.2, 0.25) is 0 Å². The summed E-state index contributed by atoms with van der Waals surface area (Å²) in [7, 11) is 0. The van der Waals surface area contributed by atoms with E-state index in [-0.39, 0.29) is 5.56 Å². The normalized spacial score (nSPS) is 16.6. The van der Waals surface area contributed by atoms with Crippen LogP contribution in [-0.4, -0.2) is 21.1 Å². The fraction of sp³-hybridized carbons (Fsp3) is 0.143. The lowest BCUT2D eigenvalue weighted by Crippen LogP contribution is -2.49. The van der Waals surface area contributed by atoms with E-state index in [1.165, 1.54) is 18.5 Å². The molecule has 0 aliphatic carbocycles. The fourth-order valence-corrected chi connectivity index (χ4v) is 0.812. The van der Waals surface area contributed by atoms with Crippen molar-refractivity contribution in [2.75, 3.05) is 0 Å². The second-order valence-electron chi connectivity index (χ2n) is 2.49. The molecule has 0 spiro atoms. The first-order valence-electron chi connectivity index (χ1n) is 3.48. The van der Waals surface area contributed by atoms with Crippen LogP contribution in [-0.2, 0) is 5.72 Å². The summed E-state index contributed by atoms with van der Waals surface area (Å²) in [6, 6.07) is 3.10. The van der Waals surface area contributed by atoms with Gasteiger partial charge >= 0.3 is 0 Å². The van der Waals surface area contributed by atoms with E-state index < -0.39 is 11.6 Å². The van der Waals surface area contributed by atoms with E-state index in [0.717, 1.165) is 0 Å². The average molecular weight is 182 g/mol.